The second kappa shape index (κ2) is 4.64. The fraction of sp³-hybridized carbons (Fsp3) is 0.412. The lowest BCUT2D eigenvalue weighted by Crippen LogP contribution is -2.30. The minimum absolute atomic E-state index is 0.205. The van der Waals surface area contributed by atoms with Gasteiger partial charge in [-0.2, -0.15) is 0 Å². The van der Waals surface area contributed by atoms with Gasteiger partial charge in [0.15, 0.2) is 0 Å². The summed E-state index contributed by atoms with van der Waals surface area (Å²) in [5, 5.41) is 6.31. The van der Waals surface area contributed by atoms with Gasteiger partial charge in [0.2, 0.25) is 0 Å². The molecule has 96 valence electrons. The number of benzene rings is 2. The average molecular weight is 241 g/mol. The van der Waals surface area contributed by atoms with Crippen molar-refractivity contribution >= 4 is 16.5 Å². The van der Waals surface area contributed by atoms with Crippen LogP contribution in [-0.4, -0.2) is 6.04 Å². The van der Waals surface area contributed by atoms with Crippen molar-refractivity contribution in [1.29, 1.82) is 0 Å². The second-order valence-corrected chi connectivity index (χ2v) is 5.30. The van der Waals surface area contributed by atoms with Gasteiger partial charge >= 0.3 is 0 Å². The van der Waals surface area contributed by atoms with Crippen molar-refractivity contribution in [3.8, 4) is 0 Å². The summed E-state index contributed by atoms with van der Waals surface area (Å²) in [4.78, 5) is 0. The smallest absolute Gasteiger partial charge is 0.0387 e. The lowest BCUT2D eigenvalue weighted by molar-refractivity contribution is 0.489. The molecule has 0 aliphatic carbocycles. The second-order valence-electron chi connectivity index (χ2n) is 5.30. The molecule has 3 rings (SSSR count). The van der Waals surface area contributed by atoms with Crippen LogP contribution in [0.1, 0.15) is 40.2 Å². The van der Waals surface area contributed by atoms with E-state index in [0.717, 1.165) is 0 Å². The van der Waals surface area contributed by atoms with Gasteiger partial charge in [-0.05, 0) is 29.3 Å². The third-order valence-corrected chi connectivity index (χ3v) is 4.03. The zero-order chi connectivity index (χ0) is 13.3. The zero-order valence-electron chi connectivity index (χ0n) is 12.0. The molecule has 2 aromatic rings. The number of hydrogen-bond acceptors (Lipinski definition) is 1. The Labute approximate surface area is 110 Å². The van der Waals surface area contributed by atoms with Crippen LogP contribution in [0.4, 0.5) is 5.69 Å². The van der Waals surface area contributed by atoms with Crippen molar-refractivity contribution in [2.75, 3.05) is 5.32 Å². The summed E-state index contributed by atoms with van der Waals surface area (Å²) in [7, 11) is 0. The largest absolute Gasteiger partial charge is 0.381 e. The first-order chi connectivity index (χ1) is 8.60. The van der Waals surface area contributed by atoms with E-state index in [1.165, 1.54) is 22.0 Å². The number of rotatable bonds is 0. The molecule has 0 radical (unpaired) electrons. The molecule has 1 unspecified atom stereocenters. The molecule has 0 saturated heterocycles. The zero-order valence-corrected chi connectivity index (χ0v) is 12.0. The fourth-order valence-corrected chi connectivity index (χ4v) is 2.72. The topological polar surface area (TPSA) is 12.0 Å². The molecular formula is C17H23N. The highest BCUT2D eigenvalue weighted by atomic mass is 15.0. The molecule has 0 saturated carbocycles. The summed E-state index contributed by atoms with van der Waals surface area (Å²) in [6, 6.07) is 13.6. The van der Waals surface area contributed by atoms with Gasteiger partial charge in [-0.15, -0.1) is 0 Å². The maximum Gasteiger partial charge on any atom is 0.0387 e. The molecular weight excluding hydrogens is 218 g/mol. The molecule has 1 nitrogen and oxygen atoms in total. The fourth-order valence-electron chi connectivity index (χ4n) is 2.72. The van der Waals surface area contributed by atoms with Gasteiger partial charge in [0, 0.05) is 17.1 Å². The number of fused-ring (bicyclic) bond motifs is 3. The molecule has 0 fully saturated rings. The first-order valence-corrected chi connectivity index (χ1v) is 6.89. The van der Waals surface area contributed by atoms with E-state index in [1.807, 2.05) is 13.8 Å². The molecule has 0 spiro atoms. The van der Waals surface area contributed by atoms with Gasteiger partial charge in [0.1, 0.15) is 0 Å². The maximum atomic E-state index is 3.58. The van der Waals surface area contributed by atoms with E-state index in [2.05, 4.69) is 62.5 Å². The Hall–Kier alpha value is -1.50. The Morgan fingerprint density at radius 3 is 2.39 bits per heavy atom. The third kappa shape index (κ3) is 1.78. The van der Waals surface area contributed by atoms with E-state index in [0.29, 0.717) is 6.04 Å². The predicted octanol–water partition coefficient (Wildman–Crippen LogP) is 4.96. The predicted molar refractivity (Wildman–Crippen MR) is 81.4 cm³/mol. The summed E-state index contributed by atoms with van der Waals surface area (Å²) < 4.78 is 0. The van der Waals surface area contributed by atoms with Crippen molar-refractivity contribution < 1.29 is 0 Å². The van der Waals surface area contributed by atoms with Crippen molar-refractivity contribution in [2.24, 2.45) is 0 Å². The average Bonchev–Trinajstić information content (AvgIpc) is 2.63. The molecule has 1 aliphatic rings. The quantitative estimate of drug-likeness (QED) is 0.687. The van der Waals surface area contributed by atoms with Gasteiger partial charge in [0.25, 0.3) is 0 Å². The molecule has 1 aliphatic heterocycles. The first kappa shape index (κ1) is 12.9. The van der Waals surface area contributed by atoms with Crippen LogP contribution in [0.5, 0.6) is 0 Å². The van der Waals surface area contributed by atoms with Gasteiger partial charge in [-0.25, -0.2) is 0 Å². The van der Waals surface area contributed by atoms with Crippen LogP contribution in [0.15, 0.2) is 36.4 Å². The van der Waals surface area contributed by atoms with E-state index in [9.17, 15) is 0 Å². The molecule has 18 heavy (non-hydrogen) atoms. The molecule has 0 bridgehead atoms. The lowest BCUT2D eigenvalue weighted by atomic mass is 9.79. The molecule has 1 N–H and O–H groups in total. The minimum atomic E-state index is 0.205. The summed E-state index contributed by atoms with van der Waals surface area (Å²) in [5.41, 5.74) is 2.98. The highest BCUT2D eigenvalue weighted by Crippen LogP contribution is 2.44. The molecule has 1 atom stereocenters. The van der Waals surface area contributed by atoms with E-state index in [4.69, 9.17) is 0 Å². The highest BCUT2D eigenvalue weighted by molar-refractivity contribution is 5.92. The Bertz CT molecular complexity index is 555. The van der Waals surface area contributed by atoms with Crippen LogP contribution in [0.3, 0.4) is 0 Å². The Kier molecular flexibility index (Phi) is 3.34. The van der Waals surface area contributed by atoms with Gasteiger partial charge in [-0.1, -0.05) is 58.0 Å². The lowest BCUT2D eigenvalue weighted by Gasteiger charge is -2.25. The van der Waals surface area contributed by atoms with Crippen molar-refractivity contribution in [3.63, 3.8) is 0 Å². The standard InChI is InChI=1S/C15H17N.C2H6/c1-10-15(2,3)14-12-7-5-4-6-11(12)8-9-13(14)16-10;1-2/h4-10,16H,1-3H3;1-2H3. The van der Waals surface area contributed by atoms with Crippen LogP contribution in [-0.2, 0) is 5.41 Å². The monoisotopic (exact) mass is 241 g/mol. The summed E-state index contributed by atoms with van der Waals surface area (Å²) in [6.45, 7) is 10.9. The van der Waals surface area contributed by atoms with Crippen LogP contribution in [0.25, 0.3) is 10.8 Å². The van der Waals surface area contributed by atoms with Crippen LogP contribution in [0.2, 0.25) is 0 Å². The van der Waals surface area contributed by atoms with Crippen LogP contribution < -0.4 is 5.32 Å². The molecule has 2 aromatic carbocycles. The van der Waals surface area contributed by atoms with Gasteiger partial charge < -0.3 is 5.32 Å². The van der Waals surface area contributed by atoms with Crippen LogP contribution in [0, 0.1) is 0 Å². The SMILES string of the molecule is CC.CC1Nc2ccc3ccccc3c2C1(C)C. The molecule has 0 aromatic heterocycles. The summed E-state index contributed by atoms with van der Waals surface area (Å²) in [5.74, 6) is 0. The van der Waals surface area contributed by atoms with Crippen molar-refractivity contribution in [3.05, 3.63) is 42.0 Å². The van der Waals surface area contributed by atoms with Gasteiger partial charge in [0.05, 0.1) is 0 Å². The summed E-state index contributed by atoms with van der Waals surface area (Å²) >= 11 is 0. The third-order valence-electron chi connectivity index (χ3n) is 4.03. The van der Waals surface area contributed by atoms with Crippen LogP contribution >= 0.6 is 0 Å². The number of anilines is 1. The minimum Gasteiger partial charge on any atom is -0.381 e. The van der Waals surface area contributed by atoms with E-state index in [-0.39, 0.29) is 5.41 Å². The molecule has 1 heterocycles. The van der Waals surface area contributed by atoms with Crippen molar-refractivity contribution in [2.45, 2.75) is 46.1 Å². The Balaban J connectivity index is 0.000000574. The maximum absolute atomic E-state index is 3.58. The summed E-state index contributed by atoms with van der Waals surface area (Å²) in [6.07, 6.45) is 0. The molecule has 0 amide bonds. The first-order valence-electron chi connectivity index (χ1n) is 6.89. The Morgan fingerprint density at radius 1 is 1.00 bits per heavy atom. The van der Waals surface area contributed by atoms with Gasteiger partial charge in [-0.3, -0.25) is 0 Å². The van der Waals surface area contributed by atoms with Crippen molar-refractivity contribution in [1.82, 2.24) is 0 Å². The highest BCUT2D eigenvalue weighted by Gasteiger charge is 2.37. The van der Waals surface area contributed by atoms with E-state index < -0.39 is 0 Å². The normalized spacial score (nSPS) is 19.7. The molecule has 1 heteroatoms. The number of hydrogen-bond donors (Lipinski definition) is 1. The van der Waals surface area contributed by atoms with E-state index in [1.54, 1.807) is 0 Å². The number of nitrogens with one attached hydrogen (secondary N) is 1. The van der Waals surface area contributed by atoms with E-state index >= 15 is 0 Å². The Morgan fingerprint density at radius 2 is 1.67 bits per heavy atom.